The van der Waals surface area contributed by atoms with Gasteiger partial charge < -0.3 is 0 Å². The van der Waals surface area contributed by atoms with Gasteiger partial charge >= 0.3 is 0 Å². The highest BCUT2D eigenvalue weighted by Gasteiger charge is 2.20. The maximum Gasteiger partial charge on any atom is -0.00201 e. The first-order valence-corrected chi connectivity index (χ1v) is 17.4. The van der Waals surface area contributed by atoms with Crippen molar-refractivity contribution in [1.29, 1.82) is 0 Å². The van der Waals surface area contributed by atoms with Crippen LogP contribution in [0.25, 0.3) is 98.4 Å². The standard InChI is InChI=1S/C50H32/c1-2-16-34(17-3-1)49-43-24-8-10-26-45(43)50(46-27-11-9-25-44(46)49)47-32-31-40(38-22-6-7-23-39(38)47)42-30-14-20-35-19-13-29-41(48(35)42)37-28-12-18-33-15-4-5-21-36(33)37/h1-32H. The molecule has 0 N–H and O–H groups in total. The second-order valence-corrected chi connectivity index (χ2v) is 13.1. The monoisotopic (exact) mass is 632 g/mol. The maximum absolute atomic E-state index is 2.37. The van der Waals surface area contributed by atoms with Gasteiger partial charge in [0.1, 0.15) is 0 Å². The zero-order valence-electron chi connectivity index (χ0n) is 27.5. The van der Waals surface area contributed by atoms with E-state index in [9.17, 15) is 0 Å². The SMILES string of the molecule is c1ccc(-c2c3ccccc3c(-c3ccc(-c4cccc5cccc(-c6cccc7ccccc67)c45)c4ccccc34)c3ccccc23)cc1. The van der Waals surface area contributed by atoms with Gasteiger partial charge in [-0.05, 0) is 98.4 Å². The molecule has 0 heteroatoms. The van der Waals surface area contributed by atoms with Crippen molar-refractivity contribution in [1.82, 2.24) is 0 Å². The van der Waals surface area contributed by atoms with Gasteiger partial charge in [0.05, 0.1) is 0 Å². The molecule has 0 bridgehead atoms. The van der Waals surface area contributed by atoms with E-state index in [1.165, 1.54) is 98.4 Å². The normalized spacial score (nSPS) is 11.6. The lowest BCUT2D eigenvalue weighted by Crippen LogP contribution is -1.93. The molecule has 0 aliphatic rings. The lowest BCUT2D eigenvalue weighted by atomic mass is 9.83. The first-order chi connectivity index (χ1) is 24.8. The molecule has 10 aromatic carbocycles. The van der Waals surface area contributed by atoms with Crippen molar-refractivity contribution in [3.63, 3.8) is 0 Å². The van der Waals surface area contributed by atoms with E-state index in [1.54, 1.807) is 0 Å². The summed E-state index contributed by atoms with van der Waals surface area (Å²) in [6.07, 6.45) is 0. The van der Waals surface area contributed by atoms with Gasteiger partial charge in [-0.1, -0.05) is 194 Å². The van der Waals surface area contributed by atoms with Crippen LogP contribution in [0.2, 0.25) is 0 Å². The molecule has 0 aromatic heterocycles. The average molecular weight is 633 g/mol. The van der Waals surface area contributed by atoms with Gasteiger partial charge in [-0.25, -0.2) is 0 Å². The Hall–Kier alpha value is -6.50. The Morgan fingerprint density at radius 3 is 1.22 bits per heavy atom. The third-order valence-electron chi connectivity index (χ3n) is 10.5. The zero-order chi connectivity index (χ0) is 33.0. The van der Waals surface area contributed by atoms with E-state index >= 15 is 0 Å². The van der Waals surface area contributed by atoms with Crippen molar-refractivity contribution in [3.05, 3.63) is 194 Å². The minimum atomic E-state index is 1.24. The van der Waals surface area contributed by atoms with Gasteiger partial charge in [0, 0.05) is 0 Å². The van der Waals surface area contributed by atoms with Crippen molar-refractivity contribution in [2.24, 2.45) is 0 Å². The average Bonchev–Trinajstić information content (AvgIpc) is 3.19. The molecule has 0 aliphatic heterocycles. The molecule has 50 heavy (non-hydrogen) atoms. The third-order valence-corrected chi connectivity index (χ3v) is 10.5. The van der Waals surface area contributed by atoms with E-state index in [-0.39, 0.29) is 0 Å². The first kappa shape index (κ1) is 28.5. The van der Waals surface area contributed by atoms with Crippen molar-refractivity contribution >= 4 is 53.9 Å². The fraction of sp³-hybridized carbons (Fsp3) is 0. The summed E-state index contributed by atoms with van der Waals surface area (Å²) in [6, 6.07) is 71.2. The van der Waals surface area contributed by atoms with Gasteiger partial charge in [-0.15, -0.1) is 0 Å². The Bertz CT molecular complexity index is 2850. The Kier molecular flexibility index (Phi) is 6.60. The molecule has 0 unspecified atom stereocenters. The Balaban J connectivity index is 1.27. The van der Waals surface area contributed by atoms with Gasteiger partial charge in [0.2, 0.25) is 0 Å². The highest BCUT2D eigenvalue weighted by atomic mass is 14.2. The van der Waals surface area contributed by atoms with Crippen LogP contribution in [-0.4, -0.2) is 0 Å². The fourth-order valence-corrected chi connectivity index (χ4v) is 8.34. The van der Waals surface area contributed by atoms with E-state index < -0.39 is 0 Å². The minimum Gasteiger partial charge on any atom is -0.0622 e. The van der Waals surface area contributed by atoms with Crippen LogP contribution < -0.4 is 0 Å². The quantitative estimate of drug-likeness (QED) is 0.169. The molecule has 10 rings (SSSR count). The van der Waals surface area contributed by atoms with E-state index in [4.69, 9.17) is 0 Å². The van der Waals surface area contributed by atoms with Crippen molar-refractivity contribution in [2.45, 2.75) is 0 Å². The fourth-order valence-electron chi connectivity index (χ4n) is 8.34. The van der Waals surface area contributed by atoms with E-state index in [0.29, 0.717) is 0 Å². The molecular formula is C50H32. The molecule has 0 spiro atoms. The summed E-state index contributed by atoms with van der Waals surface area (Å²) in [7, 11) is 0. The Labute approximate surface area is 291 Å². The summed E-state index contributed by atoms with van der Waals surface area (Å²) in [4.78, 5) is 0. The molecule has 0 saturated heterocycles. The largest absolute Gasteiger partial charge is 0.0622 e. The lowest BCUT2D eigenvalue weighted by Gasteiger charge is -2.20. The van der Waals surface area contributed by atoms with Gasteiger partial charge in [-0.2, -0.15) is 0 Å². The molecule has 0 heterocycles. The lowest BCUT2D eigenvalue weighted by molar-refractivity contribution is 1.65. The summed E-state index contributed by atoms with van der Waals surface area (Å²) in [5.41, 5.74) is 10.1. The zero-order valence-corrected chi connectivity index (χ0v) is 27.5. The molecule has 10 aromatic rings. The van der Waals surface area contributed by atoms with Crippen molar-refractivity contribution < 1.29 is 0 Å². The van der Waals surface area contributed by atoms with E-state index in [0.717, 1.165) is 0 Å². The second-order valence-electron chi connectivity index (χ2n) is 13.1. The number of hydrogen-bond donors (Lipinski definition) is 0. The van der Waals surface area contributed by atoms with Crippen LogP contribution in [0.4, 0.5) is 0 Å². The van der Waals surface area contributed by atoms with E-state index in [1.807, 2.05) is 0 Å². The smallest absolute Gasteiger partial charge is 0.00201 e. The number of fused-ring (bicyclic) bond motifs is 5. The predicted molar refractivity (Wildman–Crippen MR) is 216 cm³/mol. The topological polar surface area (TPSA) is 0 Å². The Morgan fingerprint density at radius 1 is 0.200 bits per heavy atom. The van der Waals surface area contributed by atoms with Crippen LogP contribution in [-0.2, 0) is 0 Å². The highest BCUT2D eigenvalue weighted by molar-refractivity contribution is 6.24. The number of rotatable bonds is 4. The minimum absolute atomic E-state index is 1.24. The van der Waals surface area contributed by atoms with Crippen LogP contribution >= 0.6 is 0 Å². The summed E-state index contributed by atoms with van der Waals surface area (Å²) in [5, 5.41) is 12.7. The second kappa shape index (κ2) is 11.6. The van der Waals surface area contributed by atoms with Crippen LogP contribution in [0.5, 0.6) is 0 Å². The molecule has 0 atom stereocenters. The van der Waals surface area contributed by atoms with Crippen LogP contribution in [0, 0.1) is 0 Å². The third kappa shape index (κ3) is 4.39. The van der Waals surface area contributed by atoms with Gasteiger partial charge in [0.25, 0.3) is 0 Å². The van der Waals surface area contributed by atoms with Crippen LogP contribution in [0.1, 0.15) is 0 Å². The van der Waals surface area contributed by atoms with Crippen LogP contribution in [0.15, 0.2) is 194 Å². The molecule has 232 valence electrons. The molecule has 0 fully saturated rings. The van der Waals surface area contributed by atoms with Gasteiger partial charge in [-0.3, -0.25) is 0 Å². The molecule has 0 saturated carbocycles. The van der Waals surface area contributed by atoms with Crippen molar-refractivity contribution in [3.8, 4) is 44.5 Å². The molecule has 0 radical (unpaired) electrons. The predicted octanol–water partition coefficient (Wildman–Crippen LogP) is 14.1. The van der Waals surface area contributed by atoms with Crippen LogP contribution in [0.3, 0.4) is 0 Å². The molecular weight excluding hydrogens is 601 g/mol. The van der Waals surface area contributed by atoms with E-state index in [2.05, 4.69) is 194 Å². The maximum atomic E-state index is 2.37. The number of benzene rings is 10. The Morgan fingerprint density at radius 2 is 0.600 bits per heavy atom. The molecule has 0 amide bonds. The highest BCUT2D eigenvalue weighted by Crippen LogP contribution is 2.47. The summed E-state index contributed by atoms with van der Waals surface area (Å²) >= 11 is 0. The number of hydrogen-bond acceptors (Lipinski definition) is 0. The molecule has 0 aliphatic carbocycles. The summed E-state index contributed by atoms with van der Waals surface area (Å²) in [5.74, 6) is 0. The van der Waals surface area contributed by atoms with Crippen molar-refractivity contribution in [2.75, 3.05) is 0 Å². The summed E-state index contributed by atoms with van der Waals surface area (Å²) in [6.45, 7) is 0. The first-order valence-electron chi connectivity index (χ1n) is 17.4. The summed E-state index contributed by atoms with van der Waals surface area (Å²) < 4.78 is 0. The molecule has 0 nitrogen and oxygen atoms in total. The van der Waals surface area contributed by atoms with Gasteiger partial charge in [0.15, 0.2) is 0 Å².